The number of hydrogen-bond donors (Lipinski definition) is 1. The zero-order valence-corrected chi connectivity index (χ0v) is 20.2. The lowest BCUT2D eigenvalue weighted by molar-refractivity contribution is -0.142. The molecule has 2 atom stereocenters. The van der Waals surface area contributed by atoms with Gasteiger partial charge in [-0.15, -0.1) is 0 Å². The molecule has 0 unspecified atom stereocenters. The molecule has 3 heterocycles. The molecule has 3 saturated heterocycles. The van der Waals surface area contributed by atoms with Crippen molar-refractivity contribution in [3.63, 3.8) is 0 Å². The zero-order chi connectivity index (χ0) is 24.5. The fourth-order valence-electron chi connectivity index (χ4n) is 5.00. The van der Waals surface area contributed by atoms with Crippen molar-refractivity contribution in [2.75, 3.05) is 32.7 Å². The minimum Gasteiger partial charge on any atom is -0.350 e. The van der Waals surface area contributed by atoms with Crippen LogP contribution in [0.25, 0.3) is 0 Å². The molecule has 0 saturated carbocycles. The van der Waals surface area contributed by atoms with Gasteiger partial charge in [-0.3, -0.25) is 9.59 Å². The van der Waals surface area contributed by atoms with Crippen LogP contribution >= 0.6 is 0 Å². The van der Waals surface area contributed by atoms with Crippen molar-refractivity contribution in [1.29, 1.82) is 0 Å². The number of piperidine rings is 1. The fourth-order valence-corrected chi connectivity index (χ4v) is 6.86. The van der Waals surface area contributed by atoms with E-state index in [9.17, 15) is 26.8 Å². The molecule has 1 aromatic carbocycles. The van der Waals surface area contributed by atoms with Crippen molar-refractivity contribution < 1.29 is 26.8 Å². The molecule has 4 rings (SSSR count). The average Bonchev–Trinajstić information content (AvgIpc) is 3.28. The number of nitrogens with one attached hydrogen (secondary N) is 1. The first-order valence-electron chi connectivity index (χ1n) is 12.0. The van der Waals surface area contributed by atoms with Crippen LogP contribution in [0.1, 0.15) is 44.6 Å². The molecule has 0 radical (unpaired) electrons. The molecule has 1 aromatic rings. The number of hydrogen-bond acceptors (Lipinski definition) is 4. The van der Waals surface area contributed by atoms with Crippen LogP contribution in [0.4, 0.5) is 8.78 Å². The second kappa shape index (κ2) is 10.2. The first-order valence-corrected chi connectivity index (χ1v) is 13.4. The maximum Gasteiger partial charge on any atom is 0.282 e. The zero-order valence-electron chi connectivity index (χ0n) is 19.4. The van der Waals surface area contributed by atoms with Crippen molar-refractivity contribution in [3.05, 3.63) is 35.4 Å². The van der Waals surface area contributed by atoms with Crippen molar-refractivity contribution in [3.8, 4) is 0 Å². The summed E-state index contributed by atoms with van der Waals surface area (Å²) < 4.78 is 56.1. The van der Waals surface area contributed by atoms with Gasteiger partial charge in [-0.25, -0.2) is 8.78 Å². The summed E-state index contributed by atoms with van der Waals surface area (Å²) in [5.74, 6) is -1.95. The van der Waals surface area contributed by atoms with E-state index in [0.29, 0.717) is 57.8 Å². The van der Waals surface area contributed by atoms with E-state index in [1.165, 1.54) is 13.5 Å². The van der Waals surface area contributed by atoms with Crippen molar-refractivity contribution in [2.24, 2.45) is 11.8 Å². The Balaban J connectivity index is 1.36. The highest BCUT2D eigenvalue weighted by Gasteiger charge is 2.43. The van der Waals surface area contributed by atoms with Crippen LogP contribution in [-0.4, -0.2) is 72.5 Å². The number of likely N-dealkylation sites (tertiary alicyclic amines) is 1. The van der Waals surface area contributed by atoms with E-state index in [1.54, 1.807) is 0 Å². The van der Waals surface area contributed by atoms with Crippen molar-refractivity contribution in [2.45, 2.75) is 51.6 Å². The molecular weight excluding hydrogens is 466 g/mol. The molecule has 11 heteroatoms. The van der Waals surface area contributed by atoms with Crippen LogP contribution in [0.2, 0.25) is 0 Å². The highest BCUT2D eigenvalue weighted by Crippen LogP contribution is 2.30. The predicted molar refractivity (Wildman–Crippen MR) is 122 cm³/mol. The molecule has 0 spiro atoms. The normalized spacial score (nSPS) is 24.7. The maximum absolute atomic E-state index is 13.9. The summed E-state index contributed by atoms with van der Waals surface area (Å²) in [6.07, 6.45) is 3.23. The molecule has 1 N–H and O–H groups in total. The standard InChI is InChI=1S/C23H32F2N4O4S/c1-2-16-13-28(14-16)34(32,33)27-9-3-5-17(15-27)23(31)29-10-4-6-21(29)22(30)26-12-18-11-19(24)7-8-20(18)25/h7-8,11,16-17,21H,2-6,9-10,12-15H2,1H3,(H,26,30)/t17-,21+/m0/s1. The number of benzene rings is 1. The molecule has 0 aliphatic carbocycles. The minimum absolute atomic E-state index is 0.0358. The number of rotatable bonds is 7. The molecular formula is C23H32F2N4O4S. The molecule has 188 valence electrons. The van der Waals surface area contributed by atoms with E-state index in [0.717, 1.165) is 24.6 Å². The molecule has 3 aliphatic rings. The van der Waals surface area contributed by atoms with Gasteiger partial charge in [0.25, 0.3) is 10.2 Å². The van der Waals surface area contributed by atoms with Gasteiger partial charge in [0, 0.05) is 44.8 Å². The highest BCUT2D eigenvalue weighted by atomic mass is 32.2. The summed E-state index contributed by atoms with van der Waals surface area (Å²) in [7, 11) is -3.58. The van der Waals surface area contributed by atoms with Crippen LogP contribution in [0, 0.1) is 23.5 Å². The Labute approximate surface area is 199 Å². The van der Waals surface area contributed by atoms with Gasteiger partial charge in [0.2, 0.25) is 11.8 Å². The second-order valence-corrected chi connectivity index (χ2v) is 11.4. The minimum atomic E-state index is -3.58. The van der Waals surface area contributed by atoms with Gasteiger partial charge in [-0.05, 0) is 49.8 Å². The smallest absolute Gasteiger partial charge is 0.282 e. The largest absolute Gasteiger partial charge is 0.350 e. The predicted octanol–water partition coefficient (Wildman–Crippen LogP) is 1.87. The first-order chi connectivity index (χ1) is 16.2. The molecule has 8 nitrogen and oxygen atoms in total. The van der Waals surface area contributed by atoms with Gasteiger partial charge < -0.3 is 10.2 Å². The fraction of sp³-hybridized carbons (Fsp3) is 0.652. The van der Waals surface area contributed by atoms with E-state index >= 15 is 0 Å². The topological polar surface area (TPSA) is 90.0 Å². The summed E-state index contributed by atoms with van der Waals surface area (Å²) in [6.45, 7) is 3.84. The third kappa shape index (κ3) is 5.11. The Morgan fingerprint density at radius 1 is 1.06 bits per heavy atom. The third-order valence-corrected chi connectivity index (χ3v) is 9.12. The van der Waals surface area contributed by atoms with E-state index in [2.05, 4.69) is 5.32 Å². The van der Waals surface area contributed by atoms with Gasteiger partial charge in [-0.2, -0.15) is 17.0 Å². The van der Waals surface area contributed by atoms with Crippen LogP contribution < -0.4 is 5.32 Å². The third-order valence-electron chi connectivity index (χ3n) is 7.19. The lowest BCUT2D eigenvalue weighted by atomic mass is 9.97. The highest BCUT2D eigenvalue weighted by molar-refractivity contribution is 7.86. The summed E-state index contributed by atoms with van der Waals surface area (Å²) in [4.78, 5) is 27.6. The lowest BCUT2D eigenvalue weighted by Gasteiger charge is -2.42. The van der Waals surface area contributed by atoms with Gasteiger partial charge in [-0.1, -0.05) is 13.3 Å². The number of halogens is 2. The Bertz CT molecular complexity index is 1030. The lowest BCUT2D eigenvalue weighted by Crippen LogP contribution is -2.57. The van der Waals surface area contributed by atoms with Gasteiger partial charge in [0.1, 0.15) is 17.7 Å². The summed E-state index contributed by atoms with van der Waals surface area (Å²) in [5.41, 5.74) is 0.0358. The van der Waals surface area contributed by atoms with Crippen LogP contribution in [0.15, 0.2) is 18.2 Å². The van der Waals surface area contributed by atoms with Crippen LogP contribution in [0.3, 0.4) is 0 Å². The molecule has 2 amide bonds. The Kier molecular flexibility index (Phi) is 7.54. The average molecular weight is 499 g/mol. The summed E-state index contributed by atoms with van der Waals surface area (Å²) in [6, 6.07) is 2.35. The van der Waals surface area contributed by atoms with Crippen LogP contribution in [-0.2, 0) is 26.3 Å². The van der Waals surface area contributed by atoms with E-state index in [1.807, 2.05) is 6.92 Å². The first kappa shape index (κ1) is 25.0. The van der Waals surface area contributed by atoms with E-state index < -0.39 is 39.7 Å². The van der Waals surface area contributed by atoms with Crippen molar-refractivity contribution in [1.82, 2.24) is 18.8 Å². The molecule has 0 bridgehead atoms. The Hall–Kier alpha value is -2.11. The molecule has 34 heavy (non-hydrogen) atoms. The Morgan fingerprint density at radius 2 is 1.79 bits per heavy atom. The SMILES string of the molecule is CCC1CN(S(=O)(=O)N2CCC[C@H](C(=O)N3CCC[C@@H]3C(=O)NCc3cc(F)ccc3F)C2)C1. The number of carbonyl (C=O) groups excluding carboxylic acids is 2. The number of nitrogens with zero attached hydrogens (tertiary/aromatic N) is 3. The quantitative estimate of drug-likeness (QED) is 0.622. The summed E-state index contributed by atoms with van der Waals surface area (Å²) >= 11 is 0. The van der Waals surface area contributed by atoms with Crippen molar-refractivity contribution >= 4 is 22.0 Å². The Morgan fingerprint density at radius 3 is 2.53 bits per heavy atom. The van der Waals surface area contributed by atoms with E-state index in [4.69, 9.17) is 0 Å². The number of amides is 2. The molecule has 3 fully saturated rings. The van der Waals surface area contributed by atoms with E-state index in [-0.39, 0.29) is 24.6 Å². The second-order valence-electron chi connectivity index (χ2n) is 9.44. The van der Waals surface area contributed by atoms with Gasteiger partial charge in [0.15, 0.2) is 0 Å². The van der Waals surface area contributed by atoms with Crippen LogP contribution in [0.5, 0.6) is 0 Å². The number of carbonyl (C=O) groups is 2. The van der Waals surface area contributed by atoms with Gasteiger partial charge in [0.05, 0.1) is 5.92 Å². The summed E-state index contributed by atoms with van der Waals surface area (Å²) in [5, 5.41) is 2.62. The monoisotopic (exact) mass is 498 g/mol. The maximum atomic E-state index is 13.9. The molecule has 0 aromatic heterocycles. The molecule has 3 aliphatic heterocycles. The van der Waals surface area contributed by atoms with Gasteiger partial charge >= 0.3 is 0 Å².